The number of likely N-dealkylation sites (N-methyl/N-ethyl adjacent to an activating group) is 1. The van der Waals surface area contributed by atoms with Crippen molar-refractivity contribution in [3.8, 4) is 0 Å². The number of aliphatic hydroxyl groups is 1. The number of aryl methyl sites for hydroxylation is 1. The average Bonchev–Trinajstić information content (AvgIpc) is 3.42. The summed E-state index contributed by atoms with van der Waals surface area (Å²) < 4.78 is -1.25. The largest absolute Gasteiger partial charge is 0.394 e. The molecule has 3 aliphatic heterocycles. The number of thioether (sulfide) groups is 1. The quantitative estimate of drug-likeness (QED) is 0.479. The topological polar surface area (TPSA) is 81.2 Å². The fraction of sp³-hybridized carbons (Fsp3) is 0.536. The molecular formula is C28H36ClN3O4S. The Bertz CT molecular complexity index is 1120. The first-order valence-electron chi connectivity index (χ1n) is 12.7. The second-order valence-electron chi connectivity index (χ2n) is 10.7. The van der Waals surface area contributed by atoms with Gasteiger partial charge >= 0.3 is 0 Å². The van der Waals surface area contributed by atoms with Crippen LogP contribution < -0.4 is 4.90 Å². The number of fused-ring (bicyclic) bond motifs is 1. The molecule has 1 N–H and O–H groups in total. The van der Waals surface area contributed by atoms with Crippen molar-refractivity contribution in [1.29, 1.82) is 0 Å². The van der Waals surface area contributed by atoms with Gasteiger partial charge in [0.15, 0.2) is 0 Å². The Morgan fingerprint density at radius 1 is 1.27 bits per heavy atom. The van der Waals surface area contributed by atoms with Crippen molar-refractivity contribution in [3.05, 3.63) is 54.1 Å². The van der Waals surface area contributed by atoms with Gasteiger partial charge in [-0.2, -0.15) is 0 Å². The molecule has 1 spiro atoms. The van der Waals surface area contributed by atoms with E-state index in [1.807, 2.05) is 26.0 Å². The predicted molar refractivity (Wildman–Crippen MR) is 149 cm³/mol. The number of amides is 3. The van der Waals surface area contributed by atoms with E-state index in [2.05, 4.69) is 13.2 Å². The summed E-state index contributed by atoms with van der Waals surface area (Å²) in [7, 11) is 1.72. The highest BCUT2D eigenvalue weighted by Gasteiger charge is 2.77. The number of carbonyl (C=O) groups excluding carboxylic acids is 3. The van der Waals surface area contributed by atoms with E-state index in [1.165, 1.54) is 0 Å². The summed E-state index contributed by atoms with van der Waals surface area (Å²) in [5, 5.41) is 10.6. The van der Waals surface area contributed by atoms with Crippen molar-refractivity contribution in [2.75, 3.05) is 31.6 Å². The van der Waals surface area contributed by atoms with Crippen molar-refractivity contribution in [1.82, 2.24) is 9.80 Å². The molecular weight excluding hydrogens is 510 g/mol. The Morgan fingerprint density at radius 3 is 2.54 bits per heavy atom. The number of likely N-dealkylation sites (tertiary alicyclic amines) is 1. The number of hydrogen-bond donors (Lipinski definition) is 1. The molecule has 3 saturated heterocycles. The van der Waals surface area contributed by atoms with Crippen LogP contribution in [0.4, 0.5) is 5.69 Å². The molecule has 1 aromatic carbocycles. The highest BCUT2D eigenvalue weighted by atomic mass is 35.5. The zero-order valence-corrected chi connectivity index (χ0v) is 23.5. The monoisotopic (exact) mass is 545 g/mol. The molecule has 200 valence electrons. The Balaban J connectivity index is 1.86. The van der Waals surface area contributed by atoms with Crippen LogP contribution >= 0.6 is 23.4 Å². The molecule has 3 heterocycles. The van der Waals surface area contributed by atoms with Gasteiger partial charge in [-0.05, 0) is 45.2 Å². The number of carbonyl (C=O) groups is 3. The lowest BCUT2D eigenvalue weighted by molar-refractivity contribution is -0.145. The van der Waals surface area contributed by atoms with Crippen molar-refractivity contribution in [2.45, 2.75) is 55.2 Å². The van der Waals surface area contributed by atoms with E-state index in [9.17, 15) is 19.5 Å². The zero-order chi connectivity index (χ0) is 27.3. The third kappa shape index (κ3) is 4.12. The van der Waals surface area contributed by atoms with Gasteiger partial charge in [0.25, 0.3) is 5.91 Å². The standard InChI is InChI=1S/C28H36ClN3O4S/c1-7-14-30(6)24(34)20-21-25(35)32(18(4)16-33)23(28(21)13-12-27(20,5)37-28)26(36)31(15-8-2)22-17(3)10-9-11-19(22)29/h7-11,18,20-21,23,33H,1-2,12-16H2,3-6H3/t18-,20+,21+,23?,27-,28?/m1/s1. The zero-order valence-electron chi connectivity index (χ0n) is 21.9. The van der Waals surface area contributed by atoms with Crippen LogP contribution in [0.5, 0.6) is 0 Å². The SMILES string of the molecule is C=CCN(C)C(=O)[C@@H]1[C@H]2C(=O)N([C@H](C)CO)C(C(=O)N(CC=C)c3c(C)cccc3Cl)C23CC[C@@]1(C)S3. The molecule has 3 fully saturated rings. The van der Waals surface area contributed by atoms with Crippen molar-refractivity contribution in [2.24, 2.45) is 11.8 Å². The fourth-order valence-corrected chi connectivity index (χ4v) is 9.29. The summed E-state index contributed by atoms with van der Waals surface area (Å²) in [6.07, 6.45) is 4.66. The number of aliphatic hydroxyl groups excluding tert-OH is 1. The lowest BCUT2D eigenvalue weighted by Gasteiger charge is -2.39. The summed E-state index contributed by atoms with van der Waals surface area (Å²) >= 11 is 8.20. The molecule has 0 aromatic heterocycles. The predicted octanol–water partition coefficient (Wildman–Crippen LogP) is 3.67. The minimum Gasteiger partial charge on any atom is -0.394 e. The highest BCUT2D eigenvalue weighted by Crippen LogP contribution is 2.72. The van der Waals surface area contributed by atoms with Crippen LogP contribution in [0.2, 0.25) is 5.02 Å². The molecule has 37 heavy (non-hydrogen) atoms. The minimum atomic E-state index is -0.850. The summed E-state index contributed by atoms with van der Waals surface area (Å²) in [6, 6.07) is 4.02. The van der Waals surface area contributed by atoms with Crippen LogP contribution in [0.3, 0.4) is 0 Å². The fourth-order valence-electron chi connectivity index (χ4n) is 6.64. The average molecular weight is 546 g/mol. The second kappa shape index (κ2) is 10.1. The van der Waals surface area contributed by atoms with Gasteiger partial charge < -0.3 is 19.8 Å². The molecule has 2 unspecified atom stereocenters. The van der Waals surface area contributed by atoms with Gasteiger partial charge in [0.05, 0.1) is 39.9 Å². The number of anilines is 1. The van der Waals surface area contributed by atoms with Gasteiger partial charge in [0, 0.05) is 24.9 Å². The smallest absolute Gasteiger partial charge is 0.251 e. The van der Waals surface area contributed by atoms with Crippen LogP contribution in [0.1, 0.15) is 32.3 Å². The lowest BCUT2D eigenvalue weighted by Crippen LogP contribution is -2.57. The Labute approximate surface area is 228 Å². The summed E-state index contributed by atoms with van der Waals surface area (Å²) in [5.74, 6) is -1.83. The Hall–Kier alpha value is -2.29. The molecule has 0 aliphatic carbocycles. The molecule has 9 heteroatoms. The molecule has 6 atom stereocenters. The van der Waals surface area contributed by atoms with Crippen molar-refractivity contribution < 1.29 is 19.5 Å². The van der Waals surface area contributed by atoms with Gasteiger partial charge in [-0.15, -0.1) is 24.9 Å². The van der Waals surface area contributed by atoms with Gasteiger partial charge in [0.1, 0.15) is 6.04 Å². The number of hydrogen-bond acceptors (Lipinski definition) is 5. The molecule has 0 radical (unpaired) electrons. The number of benzene rings is 1. The molecule has 4 rings (SSSR count). The van der Waals surface area contributed by atoms with Crippen LogP contribution in [-0.2, 0) is 14.4 Å². The maximum absolute atomic E-state index is 14.6. The number of para-hydroxylation sites is 1. The number of rotatable bonds is 9. The van der Waals surface area contributed by atoms with Crippen molar-refractivity contribution in [3.63, 3.8) is 0 Å². The van der Waals surface area contributed by atoms with Crippen LogP contribution in [0.15, 0.2) is 43.5 Å². The van der Waals surface area contributed by atoms with E-state index >= 15 is 0 Å². The van der Waals surface area contributed by atoms with Gasteiger partial charge in [-0.1, -0.05) is 35.9 Å². The van der Waals surface area contributed by atoms with Crippen LogP contribution in [0.25, 0.3) is 0 Å². The van der Waals surface area contributed by atoms with E-state index in [1.54, 1.807) is 58.7 Å². The third-order valence-electron chi connectivity index (χ3n) is 8.27. The minimum absolute atomic E-state index is 0.107. The van der Waals surface area contributed by atoms with Gasteiger partial charge in [-0.3, -0.25) is 14.4 Å². The van der Waals surface area contributed by atoms with E-state index in [-0.39, 0.29) is 30.9 Å². The molecule has 3 amide bonds. The normalized spacial score (nSPS) is 30.7. The van der Waals surface area contributed by atoms with Crippen LogP contribution in [-0.4, -0.2) is 80.9 Å². The second-order valence-corrected chi connectivity index (χ2v) is 13.0. The third-order valence-corrected chi connectivity index (χ3v) is 10.6. The van der Waals surface area contributed by atoms with Gasteiger partial charge in [0.2, 0.25) is 11.8 Å². The first-order chi connectivity index (χ1) is 17.5. The first kappa shape index (κ1) is 27.7. The number of nitrogens with zero attached hydrogens (tertiary/aromatic N) is 3. The van der Waals surface area contributed by atoms with Gasteiger partial charge in [-0.25, -0.2) is 0 Å². The maximum atomic E-state index is 14.6. The molecule has 0 saturated carbocycles. The van der Waals surface area contributed by atoms with Crippen molar-refractivity contribution >= 4 is 46.8 Å². The molecule has 2 bridgehead atoms. The molecule has 3 aliphatic rings. The van der Waals surface area contributed by atoms with E-state index < -0.39 is 33.4 Å². The summed E-state index contributed by atoms with van der Waals surface area (Å²) in [6.45, 7) is 13.6. The molecule has 7 nitrogen and oxygen atoms in total. The highest BCUT2D eigenvalue weighted by molar-refractivity contribution is 8.02. The first-order valence-corrected chi connectivity index (χ1v) is 13.8. The Morgan fingerprint density at radius 2 is 1.95 bits per heavy atom. The Kier molecular flexibility index (Phi) is 7.58. The molecule has 1 aromatic rings. The summed E-state index contributed by atoms with van der Waals surface area (Å²) in [4.78, 5) is 47.2. The van der Waals surface area contributed by atoms with E-state index in [0.717, 1.165) is 12.0 Å². The van der Waals surface area contributed by atoms with E-state index in [0.29, 0.717) is 23.7 Å². The lowest BCUT2D eigenvalue weighted by atomic mass is 9.66. The van der Waals surface area contributed by atoms with Crippen LogP contribution in [0, 0.1) is 18.8 Å². The van der Waals surface area contributed by atoms with E-state index in [4.69, 9.17) is 11.6 Å². The summed E-state index contributed by atoms with van der Waals surface area (Å²) in [5.41, 5.74) is 1.41. The number of halogens is 1. The maximum Gasteiger partial charge on any atom is 0.251 e.